The first-order valence-corrected chi connectivity index (χ1v) is 6.30. The molecule has 1 aliphatic heterocycles. The Morgan fingerprint density at radius 3 is 2.74 bits per heavy atom. The first-order valence-electron chi connectivity index (χ1n) is 6.30. The highest BCUT2D eigenvalue weighted by Crippen LogP contribution is 2.13. The van der Waals surface area contributed by atoms with Gasteiger partial charge in [0.1, 0.15) is 0 Å². The van der Waals surface area contributed by atoms with Crippen molar-refractivity contribution in [2.45, 2.75) is 26.1 Å². The van der Waals surface area contributed by atoms with Crippen molar-refractivity contribution in [3.05, 3.63) is 35.4 Å². The lowest BCUT2D eigenvalue weighted by atomic mass is 10.1. The summed E-state index contributed by atoms with van der Waals surface area (Å²) < 4.78 is 15.6. The van der Waals surface area contributed by atoms with Gasteiger partial charge < -0.3 is 14.2 Å². The molecule has 1 heterocycles. The molecule has 1 aliphatic rings. The molecule has 0 amide bonds. The molecule has 0 fully saturated rings. The third-order valence-corrected chi connectivity index (χ3v) is 2.72. The van der Waals surface area contributed by atoms with Gasteiger partial charge in [-0.2, -0.15) is 0 Å². The van der Waals surface area contributed by atoms with Crippen LogP contribution in [0.2, 0.25) is 0 Å². The highest BCUT2D eigenvalue weighted by molar-refractivity contribution is 5.95. The van der Waals surface area contributed by atoms with Crippen molar-refractivity contribution in [2.75, 3.05) is 13.2 Å². The summed E-state index contributed by atoms with van der Waals surface area (Å²) in [5.41, 5.74) is 0.657. The van der Waals surface area contributed by atoms with Crippen molar-refractivity contribution >= 4 is 11.9 Å². The van der Waals surface area contributed by atoms with Crippen LogP contribution in [0.15, 0.2) is 24.3 Å². The Bertz CT molecular complexity index is 469. The van der Waals surface area contributed by atoms with Gasteiger partial charge in [0.05, 0.1) is 17.7 Å². The Balaban J connectivity index is 2.10. The Morgan fingerprint density at radius 2 is 2.00 bits per heavy atom. The van der Waals surface area contributed by atoms with Gasteiger partial charge in [-0.3, -0.25) is 0 Å². The Kier molecular flexibility index (Phi) is 4.52. The molecular weight excluding hydrogens is 248 g/mol. The van der Waals surface area contributed by atoms with Gasteiger partial charge in [0.15, 0.2) is 6.61 Å². The lowest BCUT2D eigenvalue weighted by molar-refractivity contribution is -0.134. The summed E-state index contributed by atoms with van der Waals surface area (Å²) in [4.78, 5) is 23.6. The molecule has 0 N–H and O–H groups in total. The highest BCUT2D eigenvalue weighted by atomic mass is 16.7. The van der Waals surface area contributed by atoms with Crippen LogP contribution in [0.3, 0.4) is 0 Å². The normalized spacial score (nSPS) is 18.9. The third kappa shape index (κ3) is 3.54. The van der Waals surface area contributed by atoms with Crippen LogP contribution in [0.4, 0.5) is 0 Å². The van der Waals surface area contributed by atoms with Crippen molar-refractivity contribution < 1.29 is 23.8 Å². The summed E-state index contributed by atoms with van der Waals surface area (Å²) in [5.74, 6) is -0.995. The van der Waals surface area contributed by atoms with Gasteiger partial charge in [-0.1, -0.05) is 19.4 Å². The summed E-state index contributed by atoms with van der Waals surface area (Å²) >= 11 is 0. The summed E-state index contributed by atoms with van der Waals surface area (Å²) in [6.07, 6.45) is 0.981. The maximum atomic E-state index is 11.9. The Hall–Kier alpha value is -1.88. The Labute approximate surface area is 111 Å². The minimum absolute atomic E-state index is 0.0905. The second kappa shape index (κ2) is 6.33. The SMILES string of the molecule is CCCCOC1COC(=O)c2cccc(c2)C(=O)O1. The summed E-state index contributed by atoms with van der Waals surface area (Å²) in [6.45, 7) is 2.40. The van der Waals surface area contributed by atoms with Crippen LogP contribution in [-0.4, -0.2) is 31.4 Å². The average Bonchev–Trinajstić information content (AvgIpc) is 2.46. The van der Waals surface area contributed by atoms with E-state index in [2.05, 4.69) is 0 Å². The van der Waals surface area contributed by atoms with Crippen molar-refractivity contribution in [2.24, 2.45) is 0 Å². The first kappa shape index (κ1) is 13.5. The molecule has 0 aliphatic carbocycles. The molecule has 0 saturated heterocycles. The van der Waals surface area contributed by atoms with Crippen molar-refractivity contribution in [1.82, 2.24) is 0 Å². The number of cyclic esters (lactones) is 2. The van der Waals surface area contributed by atoms with Crippen LogP contribution in [-0.2, 0) is 14.2 Å². The largest absolute Gasteiger partial charge is 0.455 e. The van der Waals surface area contributed by atoms with Gasteiger partial charge in [0.25, 0.3) is 0 Å². The predicted octanol–water partition coefficient (Wildman–Crippen LogP) is 2.16. The van der Waals surface area contributed by atoms with Gasteiger partial charge in [-0.05, 0) is 24.6 Å². The van der Waals surface area contributed by atoms with E-state index in [1.54, 1.807) is 18.2 Å². The lowest BCUT2D eigenvalue weighted by Gasteiger charge is -2.17. The quantitative estimate of drug-likeness (QED) is 0.616. The van der Waals surface area contributed by atoms with E-state index in [1.165, 1.54) is 6.07 Å². The molecule has 5 nitrogen and oxygen atoms in total. The minimum Gasteiger partial charge on any atom is -0.455 e. The van der Waals surface area contributed by atoms with Crippen LogP contribution < -0.4 is 0 Å². The number of esters is 2. The van der Waals surface area contributed by atoms with Crippen molar-refractivity contribution in [3.8, 4) is 0 Å². The van der Waals surface area contributed by atoms with Crippen LogP contribution >= 0.6 is 0 Å². The topological polar surface area (TPSA) is 61.8 Å². The molecule has 0 saturated carbocycles. The maximum absolute atomic E-state index is 11.9. The zero-order valence-corrected chi connectivity index (χ0v) is 10.8. The lowest BCUT2D eigenvalue weighted by Crippen LogP contribution is -2.27. The highest BCUT2D eigenvalue weighted by Gasteiger charge is 2.22. The van der Waals surface area contributed by atoms with Gasteiger partial charge in [0.2, 0.25) is 6.29 Å². The fraction of sp³-hybridized carbons (Fsp3) is 0.429. The minimum atomic E-state index is -0.850. The molecular formula is C14H16O5. The molecule has 102 valence electrons. The summed E-state index contributed by atoms with van der Waals surface area (Å²) in [7, 11) is 0. The van der Waals surface area contributed by atoms with E-state index >= 15 is 0 Å². The van der Waals surface area contributed by atoms with E-state index in [1.807, 2.05) is 6.92 Å². The molecule has 0 radical (unpaired) electrons. The number of benzene rings is 1. The van der Waals surface area contributed by atoms with Crippen molar-refractivity contribution in [3.63, 3.8) is 0 Å². The second-order valence-corrected chi connectivity index (χ2v) is 4.24. The number of ether oxygens (including phenoxy) is 3. The number of carbonyl (C=O) groups is 2. The van der Waals surface area contributed by atoms with Gasteiger partial charge in [-0.15, -0.1) is 0 Å². The fourth-order valence-electron chi connectivity index (χ4n) is 1.66. The van der Waals surface area contributed by atoms with Gasteiger partial charge in [-0.25, -0.2) is 9.59 Å². The van der Waals surface area contributed by atoms with Crippen LogP contribution in [0.25, 0.3) is 0 Å². The third-order valence-electron chi connectivity index (χ3n) is 2.72. The zero-order valence-electron chi connectivity index (χ0n) is 10.8. The number of carbonyl (C=O) groups excluding carboxylic acids is 2. The molecule has 1 aromatic carbocycles. The summed E-state index contributed by atoms with van der Waals surface area (Å²) in [6, 6.07) is 6.26. The zero-order chi connectivity index (χ0) is 13.7. The number of unbranched alkanes of at least 4 members (excludes halogenated alkanes) is 1. The smallest absolute Gasteiger partial charge is 0.340 e. The molecule has 5 heteroatoms. The molecule has 1 atom stereocenters. The van der Waals surface area contributed by atoms with E-state index in [4.69, 9.17) is 14.2 Å². The molecule has 1 aromatic rings. The van der Waals surface area contributed by atoms with Crippen LogP contribution in [0.1, 0.15) is 40.5 Å². The Morgan fingerprint density at radius 1 is 1.26 bits per heavy atom. The van der Waals surface area contributed by atoms with Crippen LogP contribution in [0.5, 0.6) is 0 Å². The molecule has 19 heavy (non-hydrogen) atoms. The molecule has 2 bridgehead atoms. The number of hydrogen-bond donors (Lipinski definition) is 0. The maximum Gasteiger partial charge on any atom is 0.340 e. The van der Waals surface area contributed by atoms with E-state index in [-0.39, 0.29) is 6.61 Å². The van der Waals surface area contributed by atoms with E-state index in [0.717, 1.165) is 12.8 Å². The summed E-state index contributed by atoms with van der Waals surface area (Å²) in [5, 5.41) is 0. The fourth-order valence-corrected chi connectivity index (χ4v) is 1.66. The van der Waals surface area contributed by atoms with Gasteiger partial charge >= 0.3 is 11.9 Å². The number of fused-ring (bicyclic) bond motifs is 2. The monoisotopic (exact) mass is 264 g/mol. The molecule has 0 aromatic heterocycles. The molecule has 1 unspecified atom stereocenters. The van der Waals surface area contributed by atoms with Crippen LogP contribution in [0, 0.1) is 0 Å². The number of hydrogen-bond acceptors (Lipinski definition) is 5. The molecule has 0 spiro atoms. The first-order chi connectivity index (χ1) is 9.20. The van der Waals surface area contributed by atoms with Gasteiger partial charge in [0, 0.05) is 0 Å². The standard InChI is InChI=1S/C14H16O5/c1-2-3-7-17-12-9-18-13(15)10-5-4-6-11(8-10)14(16)19-12/h4-6,8,12H,2-3,7,9H2,1H3. The van der Waals surface area contributed by atoms with E-state index in [9.17, 15) is 9.59 Å². The van der Waals surface area contributed by atoms with E-state index in [0.29, 0.717) is 17.7 Å². The molecule has 2 rings (SSSR count). The average molecular weight is 264 g/mol. The second-order valence-electron chi connectivity index (χ2n) is 4.24. The van der Waals surface area contributed by atoms with E-state index < -0.39 is 18.2 Å². The van der Waals surface area contributed by atoms with Crippen molar-refractivity contribution in [1.29, 1.82) is 0 Å². The predicted molar refractivity (Wildman–Crippen MR) is 66.8 cm³/mol. The number of rotatable bonds is 4.